The van der Waals surface area contributed by atoms with Gasteiger partial charge in [-0.15, -0.1) is 0 Å². The minimum absolute atomic E-state index is 0.290. The normalized spacial score (nSPS) is 15.8. The van der Waals surface area contributed by atoms with E-state index in [1.807, 2.05) is 18.2 Å². The van der Waals surface area contributed by atoms with Gasteiger partial charge in [-0.3, -0.25) is 0 Å². The zero-order valence-corrected chi connectivity index (χ0v) is 15.8. The molecule has 0 unspecified atom stereocenters. The summed E-state index contributed by atoms with van der Waals surface area (Å²) in [5, 5.41) is 0. The molecular weight excluding hydrogens is 364 g/mol. The molecule has 1 saturated heterocycles. The topological polar surface area (TPSA) is 79.5 Å². The number of piperazine rings is 1. The first-order valence-electron chi connectivity index (χ1n) is 8.73. The summed E-state index contributed by atoms with van der Waals surface area (Å²) >= 11 is 0. The highest BCUT2D eigenvalue weighted by molar-refractivity contribution is 7.89. The first-order valence-corrected chi connectivity index (χ1v) is 10.2. The lowest BCUT2D eigenvalue weighted by atomic mass is 10.2. The van der Waals surface area contributed by atoms with Gasteiger partial charge in [0.05, 0.1) is 4.90 Å². The van der Waals surface area contributed by atoms with Gasteiger partial charge in [0.1, 0.15) is 17.8 Å². The van der Waals surface area contributed by atoms with E-state index in [0.29, 0.717) is 37.8 Å². The summed E-state index contributed by atoms with van der Waals surface area (Å²) < 4.78 is 32.6. The van der Waals surface area contributed by atoms with Gasteiger partial charge in [0.15, 0.2) is 5.89 Å². The summed E-state index contributed by atoms with van der Waals surface area (Å²) in [7, 11) is -3.52. The van der Waals surface area contributed by atoms with Gasteiger partial charge in [-0.1, -0.05) is 18.2 Å². The smallest absolute Gasteiger partial charge is 0.243 e. The third-order valence-corrected chi connectivity index (χ3v) is 6.53. The quantitative estimate of drug-likeness (QED) is 0.688. The van der Waals surface area contributed by atoms with Crippen LogP contribution in [0.25, 0.3) is 11.3 Å². The molecule has 140 valence electrons. The van der Waals surface area contributed by atoms with Gasteiger partial charge in [0, 0.05) is 44.9 Å². The number of oxazole rings is 1. The van der Waals surface area contributed by atoms with Gasteiger partial charge >= 0.3 is 0 Å². The lowest BCUT2D eigenvalue weighted by Crippen LogP contribution is -2.48. The van der Waals surface area contributed by atoms with Crippen molar-refractivity contribution in [1.82, 2.24) is 14.3 Å². The van der Waals surface area contributed by atoms with E-state index in [4.69, 9.17) is 4.42 Å². The van der Waals surface area contributed by atoms with Gasteiger partial charge in [0.25, 0.3) is 0 Å². The Morgan fingerprint density at radius 3 is 2.33 bits per heavy atom. The lowest BCUT2D eigenvalue weighted by Gasteiger charge is -2.34. The zero-order chi connectivity index (χ0) is 18.9. The fraction of sp³-hybridized carbons (Fsp3) is 0.263. The van der Waals surface area contributed by atoms with E-state index >= 15 is 0 Å². The Morgan fingerprint density at radius 2 is 1.74 bits per heavy atom. The second-order valence-corrected chi connectivity index (χ2v) is 8.29. The molecule has 0 atom stereocenters. The molecule has 4 rings (SSSR count). The van der Waals surface area contributed by atoms with Crippen molar-refractivity contribution >= 4 is 15.8 Å². The second kappa shape index (κ2) is 7.13. The molecule has 3 aromatic rings. The van der Waals surface area contributed by atoms with Gasteiger partial charge in [-0.05, 0) is 24.3 Å². The van der Waals surface area contributed by atoms with Crippen LogP contribution in [0.15, 0.2) is 64.2 Å². The first-order chi connectivity index (χ1) is 13.0. The number of rotatable bonds is 4. The highest BCUT2D eigenvalue weighted by atomic mass is 32.2. The van der Waals surface area contributed by atoms with Crippen molar-refractivity contribution in [2.24, 2.45) is 0 Å². The largest absolute Gasteiger partial charge is 0.449 e. The van der Waals surface area contributed by atoms with Crippen LogP contribution in [-0.4, -0.2) is 48.9 Å². The van der Waals surface area contributed by atoms with Crippen molar-refractivity contribution in [3.05, 3.63) is 60.8 Å². The van der Waals surface area contributed by atoms with Gasteiger partial charge < -0.3 is 9.32 Å². The highest BCUT2D eigenvalue weighted by Crippen LogP contribution is 2.24. The minimum atomic E-state index is -3.52. The van der Waals surface area contributed by atoms with Gasteiger partial charge in [0.2, 0.25) is 10.0 Å². The van der Waals surface area contributed by atoms with Gasteiger partial charge in [-0.25, -0.2) is 18.4 Å². The second-order valence-electron chi connectivity index (χ2n) is 6.36. The van der Waals surface area contributed by atoms with Gasteiger partial charge in [-0.2, -0.15) is 4.31 Å². The maximum atomic E-state index is 12.9. The maximum Gasteiger partial charge on any atom is 0.243 e. The Kier molecular flexibility index (Phi) is 4.67. The predicted molar refractivity (Wildman–Crippen MR) is 102 cm³/mol. The van der Waals surface area contributed by atoms with Crippen LogP contribution in [0.1, 0.15) is 5.89 Å². The molecule has 1 aliphatic heterocycles. The van der Waals surface area contributed by atoms with E-state index in [-0.39, 0.29) is 4.90 Å². The molecule has 0 spiro atoms. The number of aryl methyl sites for hydroxylation is 1. The van der Waals surface area contributed by atoms with E-state index in [1.54, 1.807) is 43.6 Å². The first kappa shape index (κ1) is 17.7. The molecule has 1 aromatic carbocycles. The van der Waals surface area contributed by atoms with E-state index in [9.17, 15) is 8.42 Å². The molecule has 27 heavy (non-hydrogen) atoms. The maximum absolute atomic E-state index is 12.9. The third-order valence-electron chi connectivity index (χ3n) is 4.62. The van der Waals surface area contributed by atoms with Crippen LogP contribution in [0.2, 0.25) is 0 Å². The summed E-state index contributed by atoms with van der Waals surface area (Å²) in [6.45, 7) is 3.87. The average molecular weight is 384 g/mol. The predicted octanol–water partition coefficient (Wildman–Crippen LogP) is 2.56. The van der Waals surface area contributed by atoms with Crippen LogP contribution in [0, 0.1) is 6.92 Å². The van der Waals surface area contributed by atoms with Crippen molar-refractivity contribution in [3.63, 3.8) is 0 Å². The monoisotopic (exact) mass is 384 g/mol. The number of aromatic nitrogens is 2. The summed E-state index contributed by atoms with van der Waals surface area (Å²) in [6, 6.07) is 12.5. The summed E-state index contributed by atoms with van der Waals surface area (Å²) in [6.07, 6.45) is 3.31. The number of sulfonamides is 1. The van der Waals surface area contributed by atoms with Crippen molar-refractivity contribution < 1.29 is 12.8 Å². The average Bonchev–Trinajstić information content (AvgIpc) is 3.15. The van der Waals surface area contributed by atoms with E-state index in [0.717, 1.165) is 11.4 Å². The SMILES string of the molecule is Cc1nc(-c2ccc(S(=O)(=O)N3CCN(c4ccccn4)CC3)cc2)co1. The highest BCUT2D eigenvalue weighted by Gasteiger charge is 2.28. The molecule has 2 aromatic heterocycles. The van der Waals surface area contributed by atoms with E-state index in [2.05, 4.69) is 14.9 Å². The van der Waals surface area contributed by atoms with Crippen LogP contribution in [0.3, 0.4) is 0 Å². The number of pyridine rings is 1. The number of hydrogen-bond acceptors (Lipinski definition) is 6. The third kappa shape index (κ3) is 3.58. The number of benzene rings is 1. The van der Waals surface area contributed by atoms with E-state index in [1.165, 1.54) is 4.31 Å². The summed E-state index contributed by atoms with van der Waals surface area (Å²) in [4.78, 5) is 11.0. The molecule has 8 heteroatoms. The molecule has 0 amide bonds. The van der Waals surface area contributed by atoms with Crippen LogP contribution >= 0.6 is 0 Å². The Morgan fingerprint density at radius 1 is 1.00 bits per heavy atom. The molecule has 7 nitrogen and oxygen atoms in total. The van der Waals surface area contributed by atoms with Crippen molar-refractivity contribution in [1.29, 1.82) is 0 Å². The van der Waals surface area contributed by atoms with Crippen molar-refractivity contribution in [2.45, 2.75) is 11.8 Å². The van der Waals surface area contributed by atoms with E-state index < -0.39 is 10.0 Å². The molecule has 0 saturated carbocycles. The summed E-state index contributed by atoms with van der Waals surface area (Å²) in [5.74, 6) is 1.45. The number of nitrogens with zero attached hydrogens (tertiary/aromatic N) is 4. The Balaban J connectivity index is 1.47. The van der Waals surface area contributed by atoms with Crippen LogP contribution in [-0.2, 0) is 10.0 Å². The Hall–Kier alpha value is -2.71. The fourth-order valence-electron chi connectivity index (χ4n) is 3.14. The Bertz CT molecular complexity index is 1010. The molecular formula is C19H20N4O3S. The molecule has 0 aliphatic carbocycles. The lowest BCUT2D eigenvalue weighted by molar-refractivity contribution is 0.384. The standard InChI is InChI=1S/C19H20N4O3S/c1-15-21-18(14-26-15)16-5-7-17(8-6-16)27(24,25)23-12-10-22(11-13-23)19-4-2-3-9-20-19/h2-9,14H,10-13H2,1H3. The Labute approximate surface area is 158 Å². The molecule has 0 bridgehead atoms. The van der Waals surface area contributed by atoms with Crippen LogP contribution in [0.4, 0.5) is 5.82 Å². The molecule has 0 N–H and O–H groups in total. The van der Waals surface area contributed by atoms with Crippen molar-refractivity contribution in [3.8, 4) is 11.3 Å². The summed E-state index contributed by atoms with van der Waals surface area (Å²) in [5.41, 5.74) is 1.52. The molecule has 1 fully saturated rings. The van der Waals surface area contributed by atoms with Crippen LogP contribution in [0.5, 0.6) is 0 Å². The minimum Gasteiger partial charge on any atom is -0.449 e. The molecule has 3 heterocycles. The molecule has 0 radical (unpaired) electrons. The number of anilines is 1. The van der Waals surface area contributed by atoms with Crippen LogP contribution < -0.4 is 4.90 Å². The number of hydrogen-bond donors (Lipinski definition) is 0. The fourth-order valence-corrected chi connectivity index (χ4v) is 4.56. The van der Waals surface area contributed by atoms with Crippen molar-refractivity contribution in [2.75, 3.05) is 31.1 Å². The molecule has 1 aliphatic rings. The zero-order valence-electron chi connectivity index (χ0n) is 14.9.